The van der Waals surface area contributed by atoms with E-state index >= 15 is 0 Å². The molecule has 1 atom stereocenters. The van der Waals surface area contributed by atoms with E-state index in [-0.39, 0.29) is 12.1 Å². The Bertz CT molecular complexity index is 1250. The Morgan fingerprint density at radius 1 is 1.00 bits per heavy atom. The first-order valence-corrected chi connectivity index (χ1v) is 11.0. The average Bonchev–Trinajstić information content (AvgIpc) is 3.21. The summed E-state index contributed by atoms with van der Waals surface area (Å²) in [4.78, 5) is 17.0. The van der Waals surface area contributed by atoms with E-state index in [0.29, 0.717) is 12.2 Å². The summed E-state index contributed by atoms with van der Waals surface area (Å²) in [7, 11) is 1.40. The van der Waals surface area contributed by atoms with Crippen molar-refractivity contribution in [2.75, 3.05) is 7.11 Å². The maximum atomic E-state index is 12.1. The van der Waals surface area contributed by atoms with Gasteiger partial charge < -0.3 is 14.0 Å². The minimum Gasteiger partial charge on any atom is -0.465 e. The number of nitrogens with zero attached hydrogens (tertiary/aromatic N) is 2. The zero-order chi connectivity index (χ0) is 21.9. The first-order valence-electron chi connectivity index (χ1n) is 11.0. The molecule has 1 unspecified atom stereocenters. The first kappa shape index (κ1) is 20.5. The van der Waals surface area contributed by atoms with Gasteiger partial charge in [0.15, 0.2) is 0 Å². The Kier molecular flexibility index (Phi) is 5.73. The van der Waals surface area contributed by atoms with Crippen LogP contribution in [0.25, 0.3) is 11.0 Å². The van der Waals surface area contributed by atoms with Crippen molar-refractivity contribution in [1.29, 1.82) is 0 Å². The zero-order valence-electron chi connectivity index (χ0n) is 18.2. The number of imidazole rings is 1. The molecule has 162 valence electrons. The normalized spacial score (nSPS) is 15.1. The van der Waals surface area contributed by atoms with Gasteiger partial charge in [-0.15, -0.1) is 0 Å². The Labute approximate surface area is 187 Å². The molecule has 0 radical (unpaired) electrons. The van der Waals surface area contributed by atoms with Crippen LogP contribution in [-0.4, -0.2) is 22.6 Å². The van der Waals surface area contributed by atoms with E-state index < -0.39 is 0 Å². The third kappa shape index (κ3) is 3.92. The van der Waals surface area contributed by atoms with Crippen LogP contribution in [0.3, 0.4) is 0 Å². The largest absolute Gasteiger partial charge is 0.465 e. The van der Waals surface area contributed by atoms with Gasteiger partial charge in [0, 0.05) is 18.5 Å². The van der Waals surface area contributed by atoms with Gasteiger partial charge in [0.25, 0.3) is 0 Å². The lowest BCUT2D eigenvalue weighted by Gasteiger charge is -2.26. The number of carbonyl (C=O) groups excluding carboxylic acids is 1. The predicted octanol–water partition coefficient (Wildman–Crippen LogP) is 5.27. The highest BCUT2D eigenvalue weighted by atomic mass is 16.5. The molecule has 5 heteroatoms. The molecule has 1 aromatic heterocycles. The highest BCUT2D eigenvalue weighted by Crippen LogP contribution is 2.35. The van der Waals surface area contributed by atoms with Crippen LogP contribution in [0.15, 0.2) is 72.8 Å². The summed E-state index contributed by atoms with van der Waals surface area (Å²) in [6, 6.07) is 24.3. The molecule has 32 heavy (non-hydrogen) atoms. The van der Waals surface area contributed by atoms with Gasteiger partial charge in [0.05, 0.1) is 36.4 Å². The smallest absolute Gasteiger partial charge is 0.338 e. The number of esters is 1. The highest BCUT2D eigenvalue weighted by Gasteiger charge is 2.26. The van der Waals surface area contributed by atoms with E-state index in [1.165, 1.54) is 23.8 Å². The van der Waals surface area contributed by atoms with Crippen LogP contribution in [0.4, 0.5) is 0 Å². The Morgan fingerprint density at radius 3 is 2.66 bits per heavy atom. The summed E-state index contributed by atoms with van der Waals surface area (Å²) in [5.41, 5.74) is 6.09. The summed E-state index contributed by atoms with van der Waals surface area (Å²) in [5.74, 6) is 0.793. The fourth-order valence-electron chi connectivity index (χ4n) is 4.57. The third-order valence-corrected chi connectivity index (χ3v) is 6.18. The number of benzene rings is 3. The molecule has 0 aliphatic carbocycles. The van der Waals surface area contributed by atoms with Crippen molar-refractivity contribution in [3.63, 3.8) is 0 Å². The minimum absolute atomic E-state index is 0.0319. The molecule has 2 heterocycles. The molecule has 3 aromatic carbocycles. The van der Waals surface area contributed by atoms with E-state index in [4.69, 9.17) is 14.5 Å². The van der Waals surface area contributed by atoms with Gasteiger partial charge in [-0.25, -0.2) is 9.78 Å². The van der Waals surface area contributed by atoms with Gasteiger partial charge >= 0.3 is 5.97 Å². The van der Waals surface area contributed by atoms with Crippen LogP contribution >= 0.6 is 0 Å². The number of hydrogen-bond donors (Lipinski definition) is 0. The van der Waals surface area contributed by atoms with Crippen LogP contribution in [-0.2, 0) is 35.5 Å². The molecule has 0 N–H and O–H groups in total. The number of carbonyl (C=O) groups is 1. The third-order valence-electron chi connectivity index (χ3n) is 6.18. The van der Waals surface area contributed by atoms with E-state index in [1.807, 2.05) is 24.3 Å². The van der Waals surface area contributed by atoms with Gasteiger partial charge in [-0.1, -0.05) is 60.7 Å². The minimum atomic E-state index is -0.337. The molecule has 5 nitrogen and oxygen atoms in total. The molecule has 0 bridgehead atoms. The van der Waals surface area contributed by atoms with Crippen molar-refractivity contribution in [2.45, 2.75) is 38.5 Å². The second kappa shape index (κ2) is 8.97. The molecule has 5 rings (SSSR count). The van der Waals surface area contributed by atoms with E-state index in [1.54, 1.807) is 6.07 Å². The molecule has 0 spiro atoms. The van der Waals surface area contributed by atoms with E-state index in [9.17, 15) is 4.79 Å². The van der Waals surface area contributed by atoms with Crippen molar-refractivity contribution in [1.82, 2.24) is 9.55 Å². The molecule has 1 aliphatic heterocycles. The summed E-state index contributed by atoms with van der Waals surface area (Å²) in [6.45, 7) is 1.24. The van der Waals surface area contributed by atoms with Crippen molar-refractivity contribution in [2.24, 2.45) is 0 Å². The van der Waals surface area contributed by atoms with Crippen molar-refractivity contribution in [3.8, 4) is 0 Å². The van der Waals surface area contributed by atoms with Crippen LogP contribution < -0.4 is 0 Å². The molecule has 0 fully saturated rings. The maximum Gasteiger partial charge on any atom is 0.338 e. The van der Waals surface area contributed by atoms with Crippen LogP contribution in [0, 0.1) is 0 Å². The van der Waals surface area contributed by atoms with Crippen LogP contribution in [0.1, 0.15) is 45.4 Å². The van der Waals surface area contributed by atoms with Crippen LogP contribution in [0.5, 0.6) is 0 Å². The van der Waals surface area contributed by atoms with Gasteiger partial charge in [-0.3, -0.25) is 0 Å². The predicted molar refractivity (Wildman–Crippen MR) is 124 cm³/mol. The molecule has 0 saturated carbocycles. The number of rotatable bonds is 7. The van der Waals surface area contributed by atoms with Crippen molar-refractivity contribution in [3.05, 3.63) is 101 Å². The molecular weight excluding hydrogens is 400 g/mol. The van der Waals surface area contributed by atoms with Crippen molar-refractivity contribution >= 4 is 17.0 Å². The Balaban J connectivity index is 1.38. The maximum absolute atomic E-state index is 12.1. The van der Waals surface area contributed by atoms with Gasteiger partial charge in [-0.2, -0.15) is 0 Å². The zero-order valence-corrected chi connectivity index (χ0v) is 18.2. The summed E-state index contributed by atoms with van der Waals surface area (Å²) in [6.07, 6.45) is 2.73. The Morgan fingerprint density at radius 2 is 1.81 bits per heavy atom. The molecule has 4 aromatic rings. The van der Waals surface area contributed by atoms with Gasteiger partial charge in [0.1, 0.15) is 5.82 Å². The number of ether oxygens (including phenoxy) is 2. The summed E-state index contributed by atoms with van der Waals surface area (Å²) < 4.78 is 13.6. The van der Waals surface area contributed by atoms with Crippen LogP contribution in [0.2, 0.25) is 0 Å². The quantitative estimate of drug-likeness (QED) is 0.378. The van der Waals surface area contributed by atoms with E-state index in [2.05, 4.69) is 47.0 Å². The standard InChI is InChI=1S/C27H26N2O3/c1-31-27(30)21-11-6-5-10-20(21)18-32-24-16-17-29-25(15-14-19-8-3-2-4-9-19)28-23-13-7-12-22(24)26(23)29/h2-13,24H,14-18H2,1H3. The summed E-state index contributed by atoms with van der Waals surface area (Å²) in [5, 5.41) is 0. The Hall–Kier alpha value is -3.44. The number of hydrogen-bond acceptors (Lipinski definition) is 4. The molecule has 1 aliphatic rings. The second-order valence-electron chi connectivity index (χ2n) is 8.12. The topological polar surface area (TPSA) is 53.4 Å². The highest BCUT2D eigenvalue weighted by molar-refractivity contribution is 5.90. The molecule has 0 amide bonds. The van der Waals surface area contributed by atoms with Crippen molar-refractivity contribution < 1.29 is 14.3 Å². The average molecular weight is 427 g/mol. The number of aromatic nitrogens is 2. The second-order valence-corrected chi connectivity index (χ2v) is 8.12. The SMILES string of the molecule is COC(=O)c1ccccc1COC1CCn2c(CCc3ccccc3)nc3cccc1c32. The fraction of sp³-hybridized carbons (Fsp3) is 0.259. The molecular formula is C27H26N2O3. The number of methoxy groups -OCH3 is 1. The monoisotopic (exact) mass is 426 g/mol. The van der Waals surface area contributed by atoms with Gasteiger partial charge in [0.2, 0.25) is 0 Å². The number of aryl methyl sites for hydroxylation is 3. The lowest BCUT2D eigenvalue weighted by atomic mass is 10.0. The fourth-order valence-corrected chi connectivity index (χ4v) is 4.57. The summed E-state index contributed by atoms with van der Waals surface area (Å²) >= 11 is 0. The van der Waals surface area contributed by atoms with E-state index in [0.717, 1.165) is 42.7 Å². The number of para-hydroxylation sites is 1. The lowest BCUT2D eigenvalue weighted by Crippen LogP contribution is -2.18. The first-order chi connectivity index (χ1) is 15.7. The van der Waals surface area contributed by atoms with Gasteiger partial charge in [-0.05, 0) is 36.1 Å². The lowest BCUT2D eigenvalue weighted by molar-refractivity contribution is 0.0275. The molecule has 0 saturated heterocycles.